The van der Waals surface area contributed by atoms with Crippen molar-refractivity contribution in [2.75, 3.05) is 6.54 Å². The molecular formula is C30H34N7O3+. The van der Waals surface area contributed by atoms with E-state index in [0.29, 0.717) is 43.4 Å². The Kier molecular flexibility index (Phi) is 7.52. The number of benzene rings is 3. The van der Waals surface area contributed by atoms with Crippen LogP contribution in [0.2, 0.25) is 0 Å². The number of carbonyl (C=O) groups is 2. The van der Waals surface area contributed by atoms with Crippen LogP contribution < -0.4 is 21.1 Å². The number of rotatable bonds is 8. The highest BCUT2D eigenvalue weighted by Gasteiger charge is 2.47. The number of imidazole rings is 1. The molecule has 3 atom stereocenters. The summed E-state index contributed by atoms with van der Waals surface area (Å²) in [6.45, 7) is 2.36. The van der Waals surface area contributed by atoms with Crippen LogP contribution in [0.5, 0.6) is 0 Å². The SMILES string of the molecule is Cc1nc2cc([N+]3(NC(=O)O)CCC(NC(=O)c4ccccc4)CC3CCc3ccc(C(=N)N)cc3)ccc2[nH]1. The number of amidine groups is 1. The van der Waals surface area contributed by atoms with E-state index < -0.39 is 6.09 Å². The number of nitrogens with zero attached hydrogens (tertiary/aromatic N) is 2. The van der Waals surface area contributed by atoms with Gasteiger partial charge >= 0.3 is 6.09 Å². The Labute approximate surface area is 232 Å². The first-order valence-electron chi connectivity index (χ1n) is 13.4. The van der Waals surface area contributed by atoms with Crippen molar-refractivity contribution in [2.45, 2.75) is 44.7 Å². The van der Waals surface area contributed by atoms with Gasteiger partial charge in [0.05, 0.1) is 11.0 Å². The maximum atomic E-state index is 13.0. The lowest BCUT2D eigenvalue weighted by atomic mass is 9.90. The van der Waals surface area contributed by atoms with E-state index >= 15 is 0 Å². The van der Waals surface area contributed by atoms with Crippen LogP contribution in [0.25, 0.3) is 11.0 Å². The molecule has 5 rings (SSSR count). The molecular weight excluding hydrogens is 506 g/mol. The topological polar surface area (TPSA) is 157 Å². The maximum Gasteiger partial charge on any atom is 0.449 e. The lowest BCUT2D eigenvalue weighted by Gasteiger charge is -2.47. The van der Waals surface area contributed by atoms with Crippen LogP contribution >= 0.6 is 0 Å². The van der Waals surface area contributed by atoms with Gasteiger partial charge < -0.3 is 21.1 Å². The second kappa shape index (κ2) is 11.2. The largest absolute Gasteiger partial charge is 0.462 e. The average molecular weight is 541 g/mol. The Morgan fingerprint density at radius 3 is 2.55 bits per heavy atom. The Bertz CT molecular complexity index is 1530. The molecule has 1 aliphatic rings. The molecule has 1 saturated heterocycles. The van der Waals surface area contributed by atoms with Gasteiger partial charge in [0.1, 0.15) is 24.2 Å². The highest BCUT2D eigenvalue weighted by Crippen LogP contribution is 2.35. The van der Waals surface area contributed by atoms with E-state index in [0.717, 1.165) is 28.1 Å². The van der Waals surface area contributed by atoms with Crippen LogP contribution in [0.3, 0.4) is 0 Å². The number of hydrogen-bond acceptors (Lipinski definition) is 4. The van der Waals surface area contributed by atoms with Gasteiger partial charge in [0.15, 0.2) is 5.69 Å². The zero-order valence-corrected chi connectivity index (χ0v) is 22.4. The van der Waals surface area contributed by atoms with Gasteiger partial charge in [0.2, 0.25) is 0 Å². The van der Waals surface area contributed by atoms with Crippen LogP contribution in [-0.4, -0.2) is 51.5 Å². The molecule has 1 fully saturated rings. The molecule has 7 N–H and O–H groups in total. The molecule has 1 aliphatic heterocycles. The van der Waals surface area contributed by atoms with Crippen molar-refractivity contribution in [3.05, 3.63) is 95.3 Å². The molecule has 2 heterocycles. The van der Waals surface area contributed by atoms with Crippen molar-refractivity contribution in [1.29, 1.82) is 5.41 Å². The van der Waals surface area contributed by atoms with Crippen molar-refractivity contribution in [2.24, 2.45) is 5.73 Å². The molecule has 3 aromatic carbocycles. The van der Waals surface area contributed by atoms with Gasteiger partial charge in [-0.2, -0.15) is 10.0 Å². The number of H-pyrrole nitrogens is 1. The van der Waals surface area contributed by atoms with Crippen molar-refractivity contribution < 1.29 is 14.7 Å². The summed E-state index contributed by atoms with van der Waals surface area (Å²) >= 11 is 0. The Balaban J connectivity index is 1.47. The van der Waals surface area contributed by atoms with Gasteiger partial charge in [0, 0.05) is 48.6 Å². The van der Waals surface area contributed by atoms with Gasteiger partial charge in [-0.3, -0.25) is 10.2 Å². The van der Waals surface area contributed by atoms with E-state index in [1.807, 2.05) is 67.6 Å². The minimum absolute atomic E-state index is 0.0150. The van der Waals surface area contributed by atoms with Crippen LogP contribution in [-0.2, 0) is 6.42 Å². The highest BCUT2D eigenvalue weighted by atomic mass is 16.4. The third-order valence-electron chi connectivity index (χ3n) is 7.75. The van der Waals surface area contributed by atoms with Crippen LogP contribution in [0, 0.1) is 12.3 Å². The minimum atomic E-state index is -1.11. The quantitative estimate of drug-likeness (QED) is 0.112. The van der Waals surface area contributed by atoms with Crippen molar-refractivity contribution in [3.8, 4) is 0 Å². The number of quaternary nitrogens is 1. The van der Waals surface area contributed by atoms with E-state index in [-0.39, 0.29) is 28.4 Å². The predicted molar refractivity (Wildman–Crippen MR) is 155 cm³/mol. The van der Waals surface area contributed by atoms with Crippen molar-refractivity contribution in [3.63, 3.8) is 0 Å². The molecule has 0 bridgehead atoms. The first-order chi connectivity index (χ1) is 19.2. The number of carboxylic acid groups (broad SMARTS) is 1. The molecule has 3 unspecified atom stereocenters. The van der Waals surface area contributed by atoms with E-state index in [9.17, 15) is 14.7 Å². The van der Waals surface area contributed by atoms with Crippen LogP contribution in [0.15, 0.2) is 72.8 Å². The smallest absolute Gasteiger partial charge is 0.449 e. The summed E-state index contributed by atoms with van der Waals surface area (Å²) in [5.74, 6) is 0.669. The lowest BCUT2D eigenvalue weighted by molar-refractivity contribution is 0.0621. The van der Waals surface area contributed by atoms with Crippen molar-refractivity contribution in [1.82, 2.24) is 25.3 Å². The summed E-state index contributed by atoms with van der Waals surface area (Å²) in [5, 5.41) is 20.8. The number of hydrogen-bond donors (Lipinski definition) is 6. The molecule has 206 valence electrons. The zero-order chi connectivity index (χ0) is 28.3. The molecule has 10 nitrogen and oxygen atoms in total. The first-order valence-corrected chi connectivity index (χ1v) is 13.4. The molecule has 0 radical (unpaired) electrons. The molecule has 2 amide bonds. The number of nitrogen functional groups attached to an aromatic ring is 1. The van der Waals surface area contributed by atoms with E-state index in [1.54, 1.807) is 12.1 Å². The molecule has 1 aromatic heterocycles. The fraction of sp³-hybridized carbons (Fsp3) is 0.267. The number of piperidine rings is 1. The van der Waals surface area contributed by atoms with E-state index in [4.69, 9.17) is 11.1 Å². The molecule has 0 spiro atoms. The summed E-state index contributed by atoms with van der Waals surface area (Å²) < 4.78 is 0.0421. The van der Waals surface area contributed by atoms with Crippen LogP contribution in [0.1, 0.15) is 46.6 Å². The monoisotopic (exact) mass is 540 g/mol. The Morgan fingerprint density at radius 1 is 1.10 bits per heavy atom. The van der Waals surface area contributed by atoms with Gasteiger partial charge in [0.25, 0.3) is 5.91 Å². The molecule has 0 aliphatic carbocycles. The summed E-state index contributed by atoms with van der Waals surface area (Å²) in [6.07, 6.45) is 1.42. The van der Waals surface area contributed by atoms with Gasteiger partial charge in [-0.25, -0.2) is 9.78 Å². The summed E-state index contributed by atoms with van der Waals surface area (Å²) in [7, 11) is 0. The summed E-state index contributed by atoms with van der Waals surface area (Å²) in [6, 6.07) is 22.2. The van der Waals surface area contributed by atoms with Crippen LogP contribution in [0.4, 0.5) is 10.5 Å². The number of nitrogens with one attached hydrogen (secondary N) is 4. The Hall–Kier alpha value is -4.70. The predicted octanol–water partition coefficient (Wildman–Crippen LogP) is 4.24. The fourth-order valence-electron chi connectivity index (χ4n) is 5.77. The number of aromatic nitrogens is 2. The van der Waals surface area contributed by atoms with E-state index in [1.165, 1.54) is 0 Å². The first kappa shape index (κ1) is 26.9. The zero-order valence-electron chi connectivity index (χ0n) is 22.4. The fourth-order valence-corrected chi connectivity index (χ4v) is 5.77. The second-order valence-electron chi connectivity index (χ2n) is 10.4. The summed E-state index contributed by atoms with van der Waals surface area (Å²) in [5.41, 5.74) is 13.3. The Morgan fingerprint density at radius 2 is 1.85 bits per heavy atom. The second-order valence-corrected chi connectivity index (χ2v) is 10.4. The standard InChI is InChI=1S/C30H33N7O3/c1-19-33-26-14-13-25(18-27(26)34-19)37(36-30(39)40)16-15-23(35-29(38)22-5-3-2-4-6-22)17-24(37)12-9-20-7-10-21(11-8-20)28(31)32/h2-8,10-11,13-14,18,23-24,36H,9,12,15-17H2,1H3,(H5-,31,32,33,34,35,38,39,40)/p+1. The number of aryl methyl sites for hydroxylation is 2. The lowest BCUT2D eigenvalue weighted by Crippen LogP contribution is -2.71. The molecule has 0 saturated carbocycles. The van der Waals surface area contributed by atoms with Gasteiger partial charge in [-0.05, 0) is 37.1 Å². The number of fused-ring (bicyclic) bond motifs is 1. The third kappa shape index (κ3) is 5.67. The van der Waals surface area contributed by atoms with Crippen molar-refractivity contribution >= 4 is 34.6 Å². The number of nitrogens with two attached hydrogens (primary N) is 1. The molecule has 4 aromatic rings. The number of amides is 2. The van der Waals surface area contributed by atoms with Gasteiger partial charge in [-0.1, -0.05) is 42.5 Å². The average Bonchev–Trinajstić information content (AvgIpc) is 3.32. The minimum Gasteiger partial charge on any atom is -0.462 e. The maximum absolute atomic E-state index is 13.0. The van der Waals surface area contributed by atoms with Gasteiger partial charge in [-0.15, -0.1) is 0 Å². The normalized spacial score (nSPS) is 20.6. The number of aromatic amines is 1. The molecule has 40 heavy (non-hydrogen) atoms. The molecule has 10 heteroatoms. The summed E-state index contributed by atoms with van der Waals surface area (Å²) in [4.78, 5) is 33.0. The third-order valence-corrected chi connectivity index (χ3v) is 7.75. The van der Waals surface area contributed by atoms with E-state index in [2.05, 4.69) is 20.7 Å². The number of carbonyl (C=O) groups excluding carboxylic acids is 1. The highest BCUT2D eigenvalue weighted by molar-refractivity contribution is 5.95.